The lowest BCUT2D eigenvalue weighted by Crippen LogP contribution is -2.35. The lowest BCUT2D eigenvalue weighted by molar-refractivity contribution is -0.114. The summed E-state index contributed by atoms with van der Waals surface area (Å²) in [6.07, 6.45) is 1.62. The van der Waals surface area contributed by atoms with Crippen molar-refractivity contribution in [2.75, 3.05) is 19.8 Å². The molecule has 5 rings (SSSR count). The first-order valence-electron chi connectivity index (χ1n) is 11.2. The van der Waals surface area contributed by atoms with Crippen molar-refractivity contribution < 1.29 is 19.0 Å². The van der Waals surface area contributed by atoms with Crippen molar-refractivity contribution in [2.24, 2.45) is 10.1 Å². The van der Waals surface area contributed by atoms with Crippen molar-refractivity contribution in [3.05, 3.63) is 82.1 Å². The van der Waals surface area contributed by atoms with Crippen LogP contribution in [0.1, 0.15) is 17.4 Å². The Kier molecular flexibility index (Phi) is 7.15. The molecular weight excluding hydrogens is 496 g/mol. The number of aliphatic imine (C=N–C) groups is 1. The van der Waals surface area contributed by atoms with E-state index in [1.165, 1.54) is 16.8 Å². The van der Waals surface area contributed by atoms with Gasteiger partial charge >= 0.3 is 0 Å². The molecular formula is C26H22N4O4S2. The van der Waals surface area contributed by atoms with Crippen LogP contribution in [-0.4, -0.2) is 46.8 Å². The minimum absolute atomic E-state index is 0.0135. The predicted octanol–water partition coefficient (Wildman–Crippen LogP) is 5.27. The molecule has 0 saturated carbocycles. The van der Waals surface area contributed by atoms with Gasteiger partial charge in [-0.15, -0.1) is 11.3 Å². The monoisotopic (exact) mass is 518 g/mol. The Balaban J connectivity index is 1.31. The highest BCUT2D eigenvalue weighted by atomic mass is 32.2. The second-order valence-electron chi connectivity index (χ2n) is 7.55. The van der Waals surface area contributed by atoms with Gasteiger partial charge in [0.05, 0.1) is 17.1 Å². The molecule has 10 heteroatoms. The highest BCUT2D eigenvalue weighted by molar-refractivity contribution is 8.27. The van der Waals surface area contributed by atoms with Crippen LogP contribution in [0.25, 0.3) is 6.08 Å². The molecule has 36 heavy (non-hydrogen) atoms. The molecule has 0 unspecified atom stereocenters. The van der Waals surface area contributed by atoms with Crippen LogP contribution in [0.2, 0.25) is 0 Å². The number of amides is 1. The summed E-state index contributed by atoms with van der Waals surface area (Å²) in [5, 5.41) is 17.6. The van der Waals surface area contributed by atoms with Crippen molar-refractivity contribution >= 4 is 51.1 Å². The summed E-state index contributed by atoms with van der Waals surface area (Å²) in [4.78, 5) is 17.9. The van der Waals surface area contributed by atoms with Gasteiger partial charge in [0.25, 0.3) is 5.91 Å². The second-order valence-corrected chi connectivity index (χ2v) is 9.46. The molecule has 1 aromatic heterocycles. The second kappa shape index (κ2) is 10.8. The number of thiophene rings is 1. The topological polar surface area (TPSA) is 96.6 Å². The Morgan fingerprint density at radius 1 is 1.00 bits per heavy atom. The average Bonchev–Trinajstić information content (AvgIpc) is 3.57. The fourth-order valence-electron chi connectivity index (χ4n) is 3.49. The van der Waals surface area contributed by atoms with Crippen LogP contribution in [-0.2, 0) is 4.79 Å². The summed E-state index contributed by atoms with van der Waals surface area (Å²) >= 11 is 2.84. The Morgan fingerprint density at radius 3 is 2.61 bits per heavy atom. The number of para-hydroxylation sites is 1. The fourth-order valence-corrected chi connectivity index (χ4v) is 5.17. The minimum Gasteiger partial charge on any atom is -0.490 e. The summed E-state index contributed by atoms with van der Waals surface area (Å²) < 4.78 is 17.3. The average molecular weight is 519 g/mol. The van der Waals surface area contributed by atoms with E-state index in [4.69, 9.17) is 19.6 Å². The standard InChI is InChI=1S/C26H22N4O4S2/c1-2-32-21-16-17(10-11-20(21)34-13-12-33-18-7-4-3-5-8-18)15-19-23(27)30-26(28-24(19)31)36-25(29-30)22-9-6-14-35-22/h3-11,14-16,27H,2,12-13H2,1H3/b19-15-,27-23?. The zero-order valence-electron chi connectivity index (χ0n) is 19.3. The van der Waals surface area contributed by atoms with Gasteiger partial charge in [-0.05, 0) is 66.0 Å². The van der Waals surface area contributed by atoms with Crippen molar-refractivity contribution in [2.45, 2.75) is 6.92 Å². The van der Waals surface area contributed by atoms with Gasteiger partial charge in [0, 0.05) is 0 Å². The van der Waals surface area contributed by atoms with E-state index in [0.29, 0.717) is 42.1 Å². The number of nitrogens with one attached hydrogen (secondary N) is 1. The van der Waals surface area contributed by atoms with E-state index in [9.17, 15) is 4.79 Å². The first-order chi connectivity index (χ1) is 17.6. The summed E-state index contributed by atoms with van der Waals surface area (Å²) in [5.74, 6) is 1.40. The number of amidine groups is 2. The zero-order chi connectivity index (χ0) is 24.9. The van der Waals surface area contributed by atoms with E-state index >= 15 is 0 Å². The van der Waals surface area contributed by atoms with Crippen LogP contribution < -0.4 is 14.2 Å². The maximum atomic E-state index is 12.8. The molecule has 1 N–H and O–H groups in total. The van der Waals surface area contributed by atoms with Gasteiger partial charge in [-0.3, -0.25) is 10.2 Å². The predicted molar refractivity (Wildman–Crippen MR) is 143 cm³/mol. The van der Waals surface area contributed by atoms with E-state index in [-0.39, 0.29) is 11.4 Å². The summed E-state index contributed by atoms with van der Waals surface area (Å²) in [6.45, 7) is 3.06. The van der Waals surface area contributed by atoms with Gasteiger partial charge in [0.2, 0.25) is 5.17 Å². The minimum atomic E-state index is -0.474. The molecule has 0 fully saturated rings. The van der Waals surface area contributed by atoms with Gasteiger partial charge in [0.15, 0.2) is 17.3 Å². The van der Waals surface area contributed by atoms with Crippen molar-refractivity contribution in [1.29, 1.82) is 5.41 Å². The summed E-state index contributed by atoms with van der Waals surface area (Å²) in [6, 6.07) is 18.8. The zero-order valence-corrected chi connectivity index (χ0v) is 21.0. The van der Waals surface area contributed by atoms with E-state index in [2.05, 4.69) is 10.1 Å². The maximum Gasteiger partial charge on any atom is 0.283 e. The fraction of sp³-hybridized carbons (Fsp3) is 0.154. The third-order valence-corrected chi connectivity index (χ3v) is 7.07. The number of hydrogen-bond donors (Lipinski definition) is 1. The molecule has 2 aliphatic heterocycles. The number of fused-ring (bicyclic) bond motifs is 1. The van der Waals surface area contributed by atoms with Crippen molar-refractivity contribution in [1.82, 2.24) is 5.01 Å². The third kappa shape index (κ3) is 5.19. The number of thioether (sulfide) groups is 1. The molecule has 182 valence electrons. The van der Waals surface area contributed by atoms with Gasteiger partial charge in [-0.25, -0.2) is 0 Å². The highest BCUT2D eigenvalue weighted by Gasteiger charge is 2.36. The Labute approximate surface area is 216 Å². The van der Waals surface area contributed by atoms with Crippen molar-refractivity contribution in [3.8, 4) is 17.2 Å². The Bertz CT molecular complexity index is 1370. The molecule has 0 radical (unpaired) electrons. The largest absolute Gasteiger partial charge is 0.490 e. The normalized spacial score (nSPS) is 16.0. The Hall–Kier alpha value is -3.89. The molecule has 8 nitrogen and oxygen atoms in total. The number of carbonyl (C=O) groups is 1. The molecule has 0 spiro atoms. The van der Waals surface area contributed by atoms with Crippen molar-refractivity contribution in [3.63, 3.8) is 0 Å². The van der Waals surface area contributed by atoms with E-state index in [1.54, 1.807) is 29.5 Å². The van der Waals surface area contributed by atoms with Crippen LogP contribution in [0.3, 0.4) is 0 Å². The molecule has 3 aromatic rings. The molecule has 0 saturated heterocycles. The molecule has 0 atom stereocenters. The van der Waals surface area contributed by atoms with Gasteiger partial charge < -0.3 is 14.2 Å². The van der Waals surface area contributed by atoms with E-state index in [1.807, 2.05) is 60.8 Å². The number of benzene rings is 2. The molecule has 3 heterocycles. The number of carbonyl (C=O) groups excluding carboxylic acids is 1. The molecule has 0 aliphatic carbocycles. The third-order valence-electron chi connectivity index (χ3n) is 5.12. The molecule has 2 aliphatic rings. The van der Waals surface area contributed by atoms with E-state index in [0.717, 1.165) is 15.7 Å². The summed E-state index contributed by atoms with van der Waals surface area (Å²) in [5.41, 5.74) is 0.843. The first-order valence-corrected chi connectivity index (χ1v) is 12.9. The lowest BCUT2D eigenvalue weighted by Gasteiger charge is -2.20. The number of hydrogen-bond acceptors (Lipinski definition) is 8. The van der Waals surface area contributed by atoms with Crippen LogP contribution in [0.4, 0.5) is 0 Å². The van der Waals surface area contributed by atoms with E-state index < -0.39 is 5.91 Å². The van der Waals surface area contributed by atoms with Crippen LogP contribution >= 0.6 is 23.1 Å². The van der Waals surface area contributed by atoms with Crippen LogP contribution in [0.5, 0.6) is 17.2 Å². The first kappa shape index (κ1) is 23.8. The number of hydrazone groups is 1. The smallest absolute Gasteiger partial charge is 0.283 e. The van der Waals surface area contributed by atoms with Gasteiger partial charge in [-0.2, -0.15) is 15.1 Å². The van der Waals surface area contributed by atoms with Gasteiger partial charge in [0.1, 0.15) is 24.0 Å². The lowest BCUT2D eigenvalue weighted by atomic mass is 10.1. The maximum absolute atomic E-state index is 12.8. The number of ether oxygens (including phenoxy) is 3. The quantitative estimate of drug-likeness (QED) is 0.306. The van der Waals surface area contributed by atoms with Crippen LogP contribution in [0, 0.1) is 5.41 Å². The van der Waals surface area contributed by atoms with Crippen LogP contribution in [0.15, 0.2) is 81.7 Å². The number of nitrogens with zero attached hydrogens (tertiary/aromatic N) is 3. The SMILES string of the molecule is CCOc1cc(/C=C2/C(=N)N3N=C(c4cccs4)SC3=NC2=O)ccc1OCCOc1ccccc1. The molecule has 0 bridgehead atoms. The van der Waals surface area contributed by atoms with Gasteiger partial charge in [-0.1, -0.05) is 30.3 Å². The highest BCUT2D eigenvalue weighted by Crippen LogP contribution is 2.33. The molecule has 2 aromatic carbocycles. The molecule has 1 amide bonds. The number of rotatable bonds is 9. The summed E-state index contributed by atoms with van der Waals surface area (Å²) in [7, 11) is 0. The Morgan fingerprint density at radius 2 is 1.83 bits per heavy atom.